The number of urea groups is 1. The van der Waals surface area contributed by atoms with E-state index in [-0.39, 0.29) is 17.9 Å². The van der Waals surface area contributed by atoms with Crippen LogP contribution >= 0.6 is 0 Å². The zero-order valence-corrected chi connectivity index (χ0v) is 19.6. The summed E-state index contributed by atoms with van der Waals surface area (Å²) in [6, 6.07) is 8.68. The van der Waals surface area contributed by atoms with Gasteiger partial charge in [-0.2, -0.15) is 13.2 Å². The Labute approximate surface area is 206 Å². The first-order valence-electron chi connectivity index (χ1n) is 12.0. The molecule has 5 rings (SSSR count). The number of halogens is 3. The minimum atomic E-state index is -4.41. The summed E-state index contributed by atoms with van der Waals surface area (Å²) < 4.78 is 45.1. The Kier molecular flexibility index (Phi) is 6.70. The Hall–Kier alpha value is -3.40. The second-order valence-electron chi connectivity index (χ2n) is 9.46. The predicted molar refractivity (Wildman–Crippen MR) is 125 cm³/mol. The van der Waals surface area contributed by atoms with Crippen molar-refractivity contribution in [2.24, 2.45) is 0 Å². The van der Waals surface area contributed by atoms with Crippen molar-refractivity contribution in [2.45, 2.75) is 43.4 Å². The second kappa shape index (κ2) is 9.93. The van der Waals surface area contributed by atoms with Crippen molar-refractivity contribution in [3.05, 3.63) is 72.1 Å². The molecular formula is C26H27F3N4O3. The molecule has 2 saturated heterocycles. The second-order valence-corrected chi connectivity index (χ2v) is 9.46. The van der Waals surface area contributed by atoms with Crippen LogP contribution in [0.25, 0.3) is 11.3 Å². The molecule has 2 aromatic heterocycles. The lowest BCUT2D eigenvalue weighted by Crippen LogP contribution is -2.51. The number of carbonyl (C=O) groups excluding carboxylic acids is 1. The smallest absolute Gasteiger partial charge is 0.416 e. The topological polar surface area (TPSA) is 82.7 Å². The van der Waals surface area contributed by atoms with Gasteiger partial charge in [-0.25, -0.2) is 9.78 Å². The molecule has 1 aromatic carbocycles. The normalized spacial score (nSPS) is 21.6. The number of amides is 2. The number of aromatic nitrogens is 2. The lowest BCUT2D eigenvalue weighted by Gasteiger charge is -2.41. The Bertz CT molecular complexity index is 1180. The number of pyridine rings is 1. The molecule has 2 aliphatic heterocycles. The van der Waals surface area contributed by atoms with Crippen molar-refractivity contribution in [2.75, 3.05) is 26.2 Å². The molecular weight excluding hydrogens is 473 g/mol. The van der Waals surface area contributed by atoms with E-state index < -0.39 is 17.8 Å². The van der Waals surface area contributed by atoms with Crippen LogP contribution in [0.3, 0.4) is 0 Å². The van der Waals surface area contributed by atoms with Crippen LogP contribution in [0, 0.1) is 0 Å². The number of rotatable bonds is 3. The fourth-order valence-electron chi connectivity index (χ4n) is 5.01. The number of carbonyl (C=O) groups is 1. The van der Waals surface area contributed by atoms with Gasteiger partial charge in [-0.1, -0.05) is 12.1 Å². The van der Waals surface area contributed by atoms with Crippen LogP contribution in [0.1, 0.15) is 48.1 Å². The highest BCUT2D eigenvalue weighted by Gasteiger charge is 2.37. The van der Waals surface area contributed by atoms with Crippen LogP contribution < -0.4 is 0 Å². The summed E-state index contributed by atoms with van der Waals surface area (Å²) in [5, 5.41) is 9.82. The van der Waals surface area contributed by atoms with Crippen LogP contribution in [0.5, 0.6) is 0 Å². The molecule has 2 aliphatic rings. The highest BCUT2D eigenvalue weighted by atomic mass is 19.4. The van der Waals surface area contributed by atoms with Gasteiger partial charge in [-0.3, -0.25) is 4.98 Å². The minimum Gasteiger partial charge on any atom is -0.448 e. The van der Waals surface area contributed by atoms with E-state index in [1.807, 2.05) is 12.1 Å². The van der Waals surface area contributed by atoms with Gasteiger partial charge in [0, 0.05) is 50.1 Å². The van der Waals surface area contributed by atoms with Gasteiger partial charge in [0.2, 0.25) is 0 Å². The lowest BCUT2D eigenvalue weighted by molar-refractivity contribution is -0.137. The van der Waals surface area contributed by atoms with Gasteiger partial charge < -0.3 is 19.3 Å². The highest BCUT2D eigenvalue weighted by Crippen LogP contribution is 2.38. The number of piperidine rings is 2. The van der Waals surface area contributed by atoms with Crippen molar-refractivity contribution in [3.63, 3.8) is 0 Å². The molecule has 3 aromatic rings. The van der Waals surface area contributed by atoms with E-state index in [1.165, 1.54) is 12.1 Å². The Morgan fingerprint density at radius 1 is 0.972 bits per heavy atom. The molecule has 7 nitrogen and oxygen atoms in total. The van der Waals surface area contributed by atoms with Crippen LogP contribution in [0.4, 0.5) is 18.0 Å². The Morgan fingerprint density at radius 3 is 2.31 bits per heavy atom. The molecule has 1 N–H and O–H groups in total. The van der Waals surface area contributed by atoms with E-state index in [0.29, 0.717) is 57.0 Å². The first-order chi connectivity index (χ1) is 17.3. The number of oxazole rings is 1. The van der Waals surface area contributed by atoms with Gasteiger partial charge in [0.05, 0.1) is 17.6 Å². The third-order valence-electron chi connectivity index (χ3n) is 7.01. The van der Waals surface area contributed by atoms with E-state index in [1.54, 1.807) is 28.5 Å². The van der Waals surface area contributed by atoms with Crippen LogP contribution in [0.15, 0.2) is 59.5 Å². The Balaban J connectivity index is 1.41. The van der Waals surface area contributed by atoms with E-state index in [2.05, 4.69) is 9.97 Å². The predicted octanol–water partition coefficient (Wildman–Crippen LogP) is 4.91. The summed E-state index contributed by atoms with van der Waals surface area (Å²) in [5.41, 5.74) is 1.55. The van der Waals surface area contributed by atoms with Gasteiger partial charge in [0.25, 0.3) is 0 Å². The number of aliphatic hydroxyl groups excluding tert-OH is 1. The zero-order chi connectivity index (χ0) is 25.3. The zero-order valence-electron chi connectivity index (χ0n) is 19.6. The van der Waals surface area contributed by atoms with Gasteiger partial charge in [-0.15, -0.1) is 0 Å². The van der Waals surface area contributed by atoms with E-state index in [0.717, 1.165) is 23.3 Å². The number of likely N-dealkylation sites (tertiary alicyclic amines) is 2. The summed E-state index contributed by atoms with van der Waals surface area (Å²) in [4.78, 5) is 25.5. The maximum atomic E-state index is 13.4. The quantitative estimate of drug-likeness (QED) is 0.553. The first kappa shape index (κ1) is 24.3. The molecule has 2 fully saturated rings. The molecule has 2 amide bonds. The number of hydrogen-bond acceptors (Lipinski definition) is 5. The number of aliphatic hydroxyl groups is 1. The maximum absolute atomic E-state index is 13.4. The number of hydrogen-bond donors (Lipinski definition) is 1. The molecule has 4 heterocycles. The fraction of sp³-hybridized carbons (Fsp3) is 0.423. The first-order valence-corrected chi connectivity index (χ1v) is 12.0. The number of alkyl halides is 3. The molecule has 10 heteroatoms. The standard InChI is InChI=1S/C26H27F3N4O3/c27-26(28,29)21-3-1-17(2-4-21)19-13-20(24-31-23(16-36-24)18-5-9-30-10-6-18)15-33(14-19)25(35)32-11-7-22(34)8-12-32/h1-6,9-10,16,19-20,22,34H,7-8,11-15H2. The van der Waals surface area contributed by atoms with Crippen LogP contribution in [-0.4, -0.2) is 63.2 Å². The monoisotopic (exact) mass is 500 g/mol. The molecule has 2 atom stereocenters. The molecule has 0 saturated carbocycles. The lowest BCUT2D eigenvalue weighted by atomic mass is 9.84. The molecule has 190 valence electrons. The Morgan fingerprint density at radius 2 is 1.64 bits per heavy atom. The van der Waals surface area contributed by atoms with Gasteiger partial charge in [0.1, 0.15) is 12.0 Å². The molecule has 0 radical (unpaired) electrons. The maximum Gasteiger partial charge on any atom is 0.416 e. The van der Waals surface area contributed by atoms with E-state index in [4.69, 9.17) is 4.42 Å². The third-order valence-corrected chi connectivity index (χ3v) is 7.01. The van der Waals surface area contributed by atoms with Gasteiger partial charge in [0.15, 0.2) is 5.89 Å². The number of benzene rings is 1. The van der Waals surface area contributed by atoms with Crippen LogP contribution in [-0.2, 0) is 6.18 Å². The minimum absolute atomic E-state index is 0.135. The average molecular weight is 501 g/mol. The highest BCUT2D eigenvalue weighted by molar-refractivity contribution is 5.75. The van der Waals surface area contributed by atoms with E-state index in [9.17, 15) is 23.1 Å². The largest absolute Gasteiger partial charge is 0.448 e. The average Bonchev–Trinajstić information content (AvgIpc) is 3.39. The summed E-state index contributed by atoms with van der Waals surface area (Å²) in [6.45, 7) is 1.72. The summed E-state index contributed by atoms with van der Waals surface area (Å²) in [7, 11) is 0. The third kappa shape index (κ3) is 5.23. The van der Waals surface area contributed by atoms with Crippen molar-refractivity contribution in [1.82, 2.24) is 19.8 Å². The molecule has 2 unspecified atom stereocenters. The molecule has 0 spiro atoms. The SMILES string of the molecule is O=C(N1CCC(O)CC1)N1CC(c2ccc(C(F)(F)F)cc2)CC(c2nc(-c3ccncc3)co2)C1. The number of nitrogens with zero attached hydrogens (tertiary/aromatic N) is 4. The fourth-order valence-corrected chi connectivity index (χ4v) is 5.01. The summed E-state index contributed by atoms with van der Waals surface area (Å²) in [5.74, 6) is 0.0906. The van der Waals surface area contributed by atoms with Crippen molar-refractivity contribution in [1.29, 1.82) is 0 Å². The summed E-state index contributed by atoms with van der Waals surface area (Å²) >= 11 is 0. The van der Waals surface area contributed by atoms with Crippen molar-refractivity contribution < 1.29 is 27.5 Å². The van der Waals surface area contributed by atoms with Gasteiger partial charge >= 0.3 is 12.2 Å². The van der Waals surface area contributed by atoms with Crippen molar-refractivity contribution in [3.8, 4) is 11.3 Å². The van der Waals surface area contributed by atoms with Crippen LogP contribution in [0.2, 0.25) is 0 Å². The molecule has 36 heavy (non-hydrogen) atoms. The summed E-state index contributed by atoms with van der Waals surface area (Å²) in [6.07, 6.45) is 1.75. The molecule has 0 bridgehead atoms. The van der Waals surface area contributed by atoms with Gasteiger partial charge in [-0.05, 0) is 49.1 Å². The molecule has 0 aliphatic carbocycles. The van der Waals surface area contributed by atoms with E-state index >= 15 is 0 Å². The van der Waals surface area contributed by atoms with Crippen molar-refractivity contribution >= 4 is 6.03 Å².